The number of nitrogen functional groups attached to an aromatic ring is 1. The van der Waals surface area contributed by atoms with Crippen molar-refractivity contribution in [2.75, 3.05) is 11.1 Å². The molecule has 0 saturated carbocycles. The Labute approximate surface area is 159 Å². The van der Waals surface area contributed by atoms with E-state index in [0.717, 1.165) is 28.3 Å². The van der Waals surface area contributed by atoms with Crippen LogP contribution in [0.1, 0.15) is 21.6 Å². The number of carbonyl (C=O) groups is 1. The molecule has 5 nitrogen and oxygen atoms in total. The molecule has 25 heavy (non-hydrogen) atoms. The molecule has 2 aromatic heterocycles. The Morgan fingerprint density at radius 2 is 2.00 bits per heavy atom. The van der Waals surface area contributed by atoms with Gasteiger partial charge in [-0.05, 0) is 34.8 Å². The number of hydrogen-bond donors (Lipinski definition) is 2. The number of benzene rings is 1. The highest BCUT2D eigenvalue weighted by Gasteiger charge is 2.17. The smallest absolute Gasteiger partial charge is 0.188 e. The summed E-state index contributed by atoms with van der Waals surface area (Å²) in [5.41, 5.74) is 8.71. The average Bonchev–Trinajstić information content (AvgIpc) is 2.94. The Morgan fingerprint density at radius 3 is 2.72 bits per heavy atom. The van der Waals surface area contributed by atoms with Crippen LogP contribution in [0.2, 0.25) is 9.36 Å². The number of nitrogens with one attached hydrogen (secondary N) is 1. The summed E-state index contributed by atoms with van der Waals surface area (Å²) in [6.07, 6.45) is 1.85. The predicted molar refractivity (Wildman–Crippen MR) is 103 cm³/mol. The maximum atomic E-state index is 12.3. The molecule has 0 bridgehead atoms. The summed E-state index contributed by atoms with van der Waals surface area (Å²) in [4.78, 5) is 16.4. The molecule has 0 radical (unpaired) electrons. The van der Waals surface area contributed by atoms with Gasteiger partial charge in [0, 0.05) is 19.2 Å². The SMILES string of the molecule is Nc1ncccc1NCc1cccc(CC(=O)c2nsc(Cl)c2Cl)c1. The number of Topliss-reactive ketones (excluding diaryl/α,β-unsaturated/α-hetero) is 1. The van der Waals surface area contributed by atoms with Crippen molar-refractivity contribution < 1.29 is 4.79 Å². The van der Waals surface area contributed by atoms with E-state index < -0.39 is 0 Å². The number of nitrogens with zero attached hydrogens (tertiary/aromatic N) is 2. The van der Waals surface area contributed by atoms with E-state index in [1.165, 1.54) is 0 Å². The maximum Gasteiger partial charge on any atom is 0.188 e. The number of carbonyl (C=O) groups excluding carboxylic acids is 1. The molecule has 0 saturated heterocycles. The molecule has 0 aliphatic carbocycles. The summed E-state index contributed by atoms with van der Waals surface area (Å²) in [6.45, 7) is 0.571. The van der Waals surface area contributed by atoms with Gasteiger partial charge in [0.25, 0.3) is 0 Å². The highest BCUT2D eigenvalue weighted by molar-refractivity contribution is 7.11. The lowest BCUT2D eigenvalue weighted by atomic mass is 10.0. The van der Waals surface area contributed by atoms with Crippen molar-refractivity contribution in [1.82, 2.24) is 9.36 Å². The number of ketones is 1. The second kappa shape index (κ2) is 7.82. The lowest BCUT2D eigenvalue weighted by Gasteiger charge is -2.09. The summed E-state index contributed by atoms with van der Waals surface area (Å²) in [6, 6.07) is 11.4. The molecule has 0 amide bonds. The van der Waals surface area contributed by atoms with Gasteiger partial charge in [-0.1, -0.05) is 47.5 Å². The maximum absolute atomic E-state index is 12.3. The van der Waals surface area contributed by atoms with Crippen LogP contribution in [-0.4, -0.2) is 15.1 Å². The molecule has 0 fully saturated rings. The zero-order valence-corrected chi connectivity index (χ0v) is 15.3. The fraction of sp³-hybridized carbons (Fsp3) is 0.118. The van der Waals surface area contributed by atoms with Gasteiger partial charge in [-0.15, -0.1) is 0 Å². The fourth-order valence-corrected chi connectivity index (χ4v) is 3.35. The molecule has 2 heterocycles. The minimum atomic E-state index is -0.158. The van der Waals surface area contributed by atoms with E-state index in [4.69, 9.17) is 28.9 Å². The molecule has 0 atom stereocenters. The number of pyridine rings is 1. The normalized spacial score (nSPS) is 10.6. The molecule has 0 spiro atoms. The Morgan fingerprint density at radius 1 is 1.20 bits per heavy atom. The molecule has 3 N–H and O–H groups in total. The molecule has 1 aromatic carbocycles. The van der Waals surface area contributed by atoms with Crippen LogP contribution < -0.4 is 11.1 Å². The molecular formula is C17H14Cl2N4OS. The van der Waals surface area contributed by atoms with E-state index in [-0.39, 0.29) is 22.9 Å². The van der Waals surface area contributed by atoms with Gasteiger partial charge in [0.1, 0.15) is 20.9 Å². The molecule has 0 unspecified atom stereocenters. The minimum Gasteiger partial charge on any atom is -0.382 e. The van der Waals surface area contributed by atoms with Crippen LogP contribution in [-0.2, 0) is 13.0 Å². The summed E-state index contributed by atoms with van der Waals surface area (Å²) in [7, 11) is 0. The zero-order valence-electron chi connectivity index (χ0n) is 13.0. The van der Waals surface area contributed by atoms with Gasteiger partial charge in [-0.25, -0.2) is 4.98 Å². The van der Waals surface area contributed by atoms with Crippen LogP contribution in [0.4, 0.5) is 11.5 Å². The molecule has 0 aliphatic rings. The molecule has 3 aromatic rings. The fourth-order valence-electron chi connectivity index (χ4n) is 2.32. The molecule has 0 aliphatic heterocycles. The summed E-state index contributed by atoms with van der Waals surface area (Å²) >= 11 is 12.9. The molecule has 3 rings (SSSR count). The second-order valence-corrected chi connectivity index (χ2v) is 7.08. The van der Waals surface area contributed by atoms with Crippen molar-refractivity contribution in [2.45, 2.75) is 13.0 Å². The number of halogens is 2. The van der Waals surface area contributed by atoms with E-state index >= 15 is 0 Å². The number of anilines is 2. The van der Waals surface area contributed by atoms with Gasteiger partial charge in [0.05, 0.1) is 5.69 Å². The van der Waals surface area contributed by atoms with Gasteiger partial charge in [-0.2, -0.15) is 4.37 Å². The van der Waals surface area contributed by atoms with Gasteiger partial charge in [0.15, 0.2) is 5.78 Å². The number of rotatable bonds is 6. The van der Waals surface area contributed by atoms with E-state index in [1.54, 1.807) is 6.20 Å². The monoisotopic (exact) mass is 392 g/mol. The third-order valence-electron chi connectivity index (χ3n) is 3.54. The van der Waals surface area contributed by atoms with Crippen LogP contribution in [0.3, 0.4) is 0 Å². The van der Waals surface area contributed by atoms with E-state index in [9.17, 15) is 4.79 Å². The summed E-state index contributed by atoms with van der Waals surface area (Å²) in [5.74, 6) is 0.290. The highest BCUT2D eigenvalue weighted by atomic mass is 35.5. The van der Waals surface area contributed by atoms with Crippen molar-refractivity contribution >= 4 is 52.0 Å². The zero-order chi connectivity index (χ0) is 17.8. The first-order chi connectivity index (χ1) is 12.0. The van der Waals surface area contributed by atoms with Gasteiger partial charge in [-0.3, -0.25) is 4.79 Å². The van der Waals surface area contributed by atoms with Gasteiger partial charge < -0.3 is 11.1 Å². The number of hydrogen-bond acceptors (Lipinski definition) is 6. The Kier molecular flexibility index (Phi) is 5.53. The molecule has 128 valence electrons. The minimum absolute atomic E-state index is 0.158. The van der Waals surface area contributed by atoms with Gasteiger partial charge >= 0.3 is 0 Å². The van der Waals surface area contributed by atoms with Crippen molar-refractivity contribution in [3.05, 3.63) is 68.8 Å². The Bertz CT molecular complexity index is 913. The lowest BCUT2D eigenvalue weighted by Crippen LogP contribution is -2.06. The van der Waals surface area contributed by atoms with E-state index in [1.807, 2.05) is 36.4 Å². The standard InChI is InChI=1S/C17H14Cl2N4OS/c18-14-15(23-25-16(14)19)13(24)8-10-3-1-4-11(7-10)9-22-12-5-2-6-21-17(12)20/h1-7,22H,8-9H2,(H2,20,21). The van der Waals surface area contributed by atoms with Crippen LogP contribution in [0.15, 0.2) is 42.6 Å². The average molecular weight is 393 g/mol. The van der Waals surface area contributed by atoms with Gasteiger partial charge in [0.2, 0.25) is 0 Å². The van der Waals surface area contributed by atoms with Crippen molar-refractivity contribution in [1.29, 1.82) is 0 Å². The first-order valence-corrected chi connectivity index (χ1v) is 8.93. The van der Waals surface area contributed by atoms with Crippen LogP contribution in [0, 0.1) is 0 Å². The van der Waals surface area contributed by atoms with Crippen LogP contribution >= 0.6 is 34.7 Å². The molecular weight excluding hydrogens is 379 g/mol. The topological polar surface area (TPSA) is 80.9 Å². The first kappa shape index (κ1) is 17.7. The summed E-state index contributed by atoms with van der Waals surface area (Å²) < 4.78 is 4.35. The largest absolute Gasteiger partial charge is 0.382 e. The van der Waals surface area contributed by atoms with Crippen molar-refractivity contribution in [2.24, 2.45) is 0 Å². The van der Waals surface area contributed by atoms with Crippen LogP contribution in [0.25, 0.3) is 0 Å². The molecule has 8 heteroatoms. The predicted octanol–water partition coefficient (Wildman–Crippen LogP) is 4.46. The van der Waals surface area contributed by atoms with Crippen molar-refractivity contribution in [3.63, 3.8) is 0 Å². The van der Waals surface area contributed by atoms with E-state index in [0.29, 0.717) is 16.7 Å². The third kappa shape index (κ3) is 4.28. The Hall–Kier alpha value is -2.15. The number of aromatic nitrogens is 2. The van der Waals surface area contributed by atoms with Crippen molar-refractivity contribution in [3.8, 4) is 0 Å². The highest BCUT2D eigenvalue weighted by Crippen LogP contribution is 2.30. The first-order valence-electron chi connectivity index (χ1n) is 7.40. The third-order valence-corrected chi connectivity index (χ3v) is 5.15. The lowest BCUT2D eigenvalue weighted by molar-refractivity contribution is 0.0989. The Balaban J connectivity index is 1.68. The van der Waals surface area contributed by atoms with Crippen LogP contribution in [0.5, 0.6) is 0 Å². The second-order valence-electron chi connectivity index (χ2n) is 5.33. The number of nitrogens with two attached hydrogens (primary N) is 1. The quantitative estimate of drug-likeness (QED) is 0.604. The summed E-state index contributed by atoms with van der Waals surface area (Å²) in [5, 5.41) is 3.46. The van der Waals surface area contributed by atoms with E-state index in [2.05, 4.69) is 14.7 Å².